The van der Waals surface area contributed by atoms with Crippen LogP contribution in [0.1, 0.15) is 18.9 Å². The number of nitro benzene ring substituents is 1. The Morgan fingerprint density at radius 2 is 1.94 bits per heavy atom. The van der Waals surface area contributed by atoms with E-state index in [1.165, 1.54) is 29.5 Å². The first kappa shape index (κ1) is 23.4. The quantitative estimate of drug-likeness (QED) is 0.253. The van der Waals surface area contributed by atoms with E-state index in [9.17, 15) is 14.9 Å². The largest absolute Gasteiger partial charge is 0.492 e. The normalized spacial score (nSPS) is 11.4. The summed E-state index contributed by atoms with van der Waals surface area (Å²) >= 11 is 1.45. The van der Waals surface area contributed by atoms with Crippen LogP contribution in [0.25, 0.3) is 16.3 Å². The van der Waals surface area contributed by atoms with Gasteiger partial charge in [-0.1, -0.05) is 17.4 Å². The van der Waals surface area contributed by atoms with Crippen molar-refractivity contribution >= 4 is 44.4 Å². The van der Waals surface area contributed by atoms with E-state index in [4.69, 9.17) is 9.72 Å². The molecule has 2 aromatic carbocycles. The monoisotopic (exact) mass is 454 g/mol. The van der Waals surface area contributed by atoms with E-state index in [0.29, 0.717) is 29.6 Å². The number of fused-ring (bicyclic) bond motifs is 1. The number of amides is 1. The molecule has 0 atom stereocenters. The molecule has 0 radical (unpaired) electrons. The molecule has 3 aromatic rings. The minimum Gasteiger partial charge on any atom is -0.492 e. The van der Waals surface area contributed by atoms with Crippen LogP contribution in [0, 0.1) is 10.1 Å². The molecule has 0 aliphatic rings. The number of para-hydroxylation sites is 1. The molecular weight excluding hydrogens is 428 g/mol. The summed E-state index contributed by atoms with van der Waals surface area (Å²) < 4.78 is 6.64. The van der Waals surface area contributed by atoms with Crippen molar-refractivity contribution in [3.8, 4) is 5.75 Å². The molecule has 0 saturated carbocycles. The lowest BCUT2D eigenvalue weighted by Crippen LogP contribution is -2.32. The maximum Gasteiger partial charge on any atom is 0.269 e. The number of aromatic nitrogens is 1. The predicted octanol–water partition coefficient (Wildman–Crippen LogP) is 4.60. The molecule has 3 rings (SSSR count). The Hall–Kier alpha value is -3.30. The Labute approximate surface area is 190 Å². The van der Waals surface area contributed by atoms with Gasteiger partial charge in [-0.3, -0.25) is 19.8 Å². The van der Waals surface area contributed by atoms with E-state index >= 15 is 0 Å². The fourth-order valence-corrected chi connectivity index (χ4v) is 4.12. The van der Waals surface area contributed by atoms with Gasteiger partial charge >= 0.3 is 0 Å². The Morgan fingerprint density at radius 3 is 2.59 bits per heavy atom. The highest BCUT2D eigenvalue weighted by Gasteiger charge is 2.19. The molecule has 0 N–H and O–H groups in total. The first-order valence-electron chi connectivity index (χ1n) is 10.3. The molecule has 0 spiro atoms. The Balaban J connectivity index is 1.86. The molecule has 0 fully saturated rings. The van der Waals surface area contributed by atoms with Gasteiger partial charge in [0, 0.05) is 24.8 Å². The van der Waals surface area contributed by atoms with Crippen LogP contribution < -0.4 is 9.64 Å². The van der Waals surface area contributed by atoms with Crippen LogP contribution in [0.4, 0.5) is 10.8 Å². The number of carbonyl (C=O) groups is 1. The molecule has 0 aliphatic heterocycles. The molecule has 32 heavy (non-hydrogen) atoms. The van der Waals surface area contributed by atoms with Crippen molar-refractivity contribution in [2.24, 2.45) is 0 Å². The van der Waals surface area contributed by atoms with Crippen molar-refractivity contribution in [3.63, 3.8) is 0 Å². The van der Waals surface area contributed by atoms with Crippen LogP contribution in [0.3, 0.4) is 0 Å². The first-order valence-corrected chi connectivity index (χ1v) is 11.1. The van der Waals surface area contributed by atoms with Crippen LogP contribution in [-0.2, 0) is 4.79 Å². The average Bonchev–Trinajstić information content (AvgIpc) is 3.20. The number of hydrogen-bond acceptors (Lipinski definition) is 7. The summed E-state index contributed by atoms with van der Waals surface area (Å²) in [6.45, 7) is 3.82. The Bertz CT molecular complexity index is 1110. The highest BCUT2D eigenvalue weighted by molar-refractivity contribution is 7.22. The third kappa shape index (κ3) is 5.89. The topological polar surface area (TPSA) is 88.8 Å². The minimum absolute atomic E-state index is 0.0124. The summed E-state index contributed by atoms with van der Waals surface area (Å²) in [4.78, 5) is 31.9. The third-order valence-electron chi connectivity index (χ3n) is 4.68. The van der Waals surface area contributed by atoms with Gasteiger partial charge in [0.15, 0.2) is 5.13 Å². The van der Waals surface area contributed by atoms with Gasteiger partial charge in [-0.25, -0.2) is 4.98 Å². The van der Waals surface area contributed by atoms with Crippen molar-refractivity contribution in [3.05, 3.63) is 64.2 Å². The molecule has 1 aromatic heterocycles. The smallest absolute Gasteiger partial charge is 0.269 e. The van der Waals surface area contributed by atoms with Crippen molar-refractivity contribution in [1.82, 2.24) is 9.88 Å². The summed E-state index contributed by atoms with van der Waals surface area (Å²) in [6.07, 6.45) is 3.93. The van der Waals surface area contributed by atoms with Crippen molar-refractivity contribution in [2.75, 3.05) is 38.7 Å². The number of benzene rings is 2. The summed E-state index contributed by atoms with van der Waals surface area (Å²) in [5.41, 5.74) is 1.47. The van der Waals surface area contributed by atoms with Gasteiger partial charge in [0.05, 0.1) is 16.2 Å². The number of rotatable bonds is 10. The van der Waals surface area contributed by atoms with Gasteiger partial charge in [-0.2, -0.15) is 0 Å². The SMILES string of the molecule is CCOc1cccc2sc(N(CCCN(C)C)C(=O)C=Cc3ccc([N+](=O)[O-])cc3)nc12. The molecule has 8 nitrogen and oxygen atoms in total. The second-order valence-corrected chi connectivity index (χ2v) is 8.37. The Morgan fingerprint density at radius 1 is 1.19 bits per heavy atom. The number of nitro groups is 1. The number of thiazole rings is 1. The molecule has 168 valence electrons. The van der Waals surface area contributed by atoms with Crippen molar-refractivity contribution in [2.45, 2.75) is 13.3 Å². The number of non-ortho nitro benzene ring substituents is 1. The van der Waals surface area contributed by atoms with E-state index in [2.05, 4.69) is 4.90 Å². The van der Waals surface area contributed by atoms with E-state index in [1.807, 2.05) is 39.2 Å². The zero-order chi connectivity index (χ0) is 23.1. The Kier molecular flexibility index (Phi) is 7.91. The average molecular weight is 455 g/mol. The van der Waals surface area contributed by atoms with E-state index in [-0.39, 0.29) is 11.6 Å². The fourth-order valence-electron chi connectivity index (χ4n) is 3.11. The minimum atomic E-state index is -0.450. The number of ether oxygens (including phenoxy) is 1. The molecule has 0 saturated heterocycles. The van der Waals surface area contributed by atoms with E-state index < -0.39 is 4.92 Å². The number of hydrogen-bond donors (Lipinski definition) is 0. The zero-order valence-electron chi connectivity index (χ0n) is 18.4. The van der Waals surface area contributed by atoms with E-state index in [1.54, 1.807) is 23.1 Å². The third-order valence-corrected chi connectivity index (χ3v) is 5.72. The van der Waals surface area contributed by atoms with Gasteiger partial charge in [0.1, 0.15) is 11.3 Å². The van der Waals surface area contributed by atoms with Crippen LogP contribution in [-0.4, -0.2) is 54.5 Å². The van der Waals surface area contributed by atoms with Crippen LogP contribution in [0.5, 0.6) is 5.75 Å². The van der Waals surface area contributed by atoms with Crippen LogP contribution in [0.2, 0.25) is 0 Å². The number of carbonyl (C=O) groups excluding carboxylic acids is 1. The van der Waals surface area contributed by atoms with Crippen molar-refractivity contribution < 1.29 is 14.5 Å². The standard InChI is InChI=1S/C23H26N4O4S/c1-4-31-19-7-5-8-20-22(19)24-23(32-20)26(16-6-15-25(2)3)21(28)14-11-17-9-12-18(13-10-17)27(29)30/h5,7-14H,4,6,15-16H2,1-3H3. The highest BCUT2D eigenvalue weighted by atomic mass is 32.1. The van der Waals surface area contributed by atoms with Crippen molar-refractivity contribution in [1.29, 1.82) is 0 Å². The molecule has 1 heterocycles. The van der Waals surface area contributed by atoms with Crippen LogP contribution >= 0.6 is 11.3 Å². The first-order chi connectivity index (χ1) is 15.4. The molecule has 0 bridgehead atoms. The zero-order valence-corrected chi connectivity index (χ0v) is 19.2. The van der Waals surface area contributed by atoms with Gasteiger partial charge in [0.2, 0.25) is 0 Å². The summed E-state index contributed by atoms with van der Waals surface area (Å²) in [7, 11) is 3.99. The number of nitrogens with zero attached hydrogens (tertiary/aromatic N) is 4. The molecular formula is C23H26N4O4S. The van der Waals surface area contributed by atoms with Gasteiger partial charge < -0.3 is 9.64 Å². The highest BCUT2D eigenvalue weighted by Crippen LogP contribution is 2.34. The lowest BCUT2D eigenvalue weighted by Gasteiger charge is -2.19. The molecule has 0 aliphatic carbocycles. The number of anilines is 1. The van der Waals surface area contributed by atoms with Crippen LogP contribution in [0.15, 0.2) is 48.5 Å². The van der Waals surface area contributed by atoms with E-state index in [0.717, 1.165) is 23.2 Å². The lowest BCUT2D eigenvalue weighted by atomic mass is 10.2. The second kappa shape index (κ2) is 10.8. The summed E-state index contributed by atoms with van der Waals surface area (Å²) in [5, 5.41) is 11.4. The fraction of sp³-hybridized carbons (Fsp3) is 0.304. The maximum absolute atomic E-state index is 13.1. The van der Waals surface area contributed by atoms with Gasteiger partial charge in [-0.05, 0) is 69.9 Å². The molecule has 1 amide bonds. The van der Waals surface area contributed by atoms with Gasteiger partial charge in [-0.15, -0.1) is 0 Å². The second-order valence-electron chi connectivity index (χ2n) is 7.36. The predicted molar refractivity (Wildman–Crippen MR) is 128 cm³/mol. The molecule has 9 heteroatoms. The molecule has 0 unspecified atom stereocenters. The lowest BCUT2D eigenvalue weighted by molar-refractivity contribution is -0.384. The maximum atomic E-state index is 13.1. The summed E-state index contributed by atoms with van der Waals surface area (Å²) in [6, 6.07) is 11.8. The summed E-state index contributed by atoms with van der Waals surface area (Å²) in [5.74, 6) is 0.508. The van der Waals surface area contributed by atoms with Gasteiger partial charge in [0.25, 0.3) is 11.6 Å².